The molecule has 0 bridgehead atoms. The highest BCUT2D eigenvalue weighted by atomic mass is 32.1. The van der Waals surface area contributed by atoms with Crippen molar-refractivity contribution in [3.63, 3.8) is 0 Å². The Hall–Kier alpha value is -3.23. The smallest absolute Gasteiger partial charge is 0.169 e. The van der Waals surface area contributed by atoms with Gasteiger partial charge in [0.05, 0.1) is 6.42 Å². The van der Waals surface area contributed by atoms with Crippen molar-refractivity contribution in [3.8, 4) is 10.6 Å². The van der Waals surface area contributed by atoms with E-state index in [-0.39, 0.29) is 12.2 Å². The number of benzene rings is 1. The number of fused-ring (bicyclic) bond motifs is 1. The van der Waals surface area contributed by atoms with Crippen molar-refractivity contribution in [2.45, 2.75) is 13.3 Å². The molecular formula is C23H24N6OS. The van der Waals surface area contributed by atoms with Crippen LogP contribution in [0.3, 0.4) is 0 Å². The predicted molar refractivity (Wildman–Crippen MR) is 125 cm³/mol. The van der Waals surface area contributed by atoms with Crippen LogP contribution in [0.1, 0.15) is 21.1 Å². The van der Waals surface area contributed by atoms with E-state index < -0.39 is 0 Å². The first kappa shape index (κ1) is 21.0. The molecule has 7 nitrogen and oxygen atoms in total. The lowest BCUT2D eigenvalue weighted by molar-refractivity contribution is 0.0992. The van der Waals surface area contributed by atoms with Crippen molar-refractivity contribution in [2.24, 2.45) is 0 Å². The lowest BCUT2D eigenvalue weighted by Gasteiger charge is -2.11. The van der Waals surface area contributed by atoms with E-state index in [2.05, 4.69) is 36.4 Å². The second-order valence-electron chi connectivity index (χ2n) is 7.62. The molecule has 0 atom stereocenters. The van der Waals surface area contributed by atoms with E-state index in [1.54, 1.807) is 29.7 Å². The van der Waals surface area contributed by atoms with E-state index in [1.807, 2.05) is 45.4 Å². The predicted octanol–water partition coefficient (Wildman–Crippen LogP) is 3.86. The number of nitrogens with one attached hydrogen (secondary N) is 1. The van der Waals surface area contributed by atoms with Gasteiger partial charge in [0.2, 0.25) is 0 Å². The molecule has 1 N–H and O–H groups in total. The third-order valence-corrected chi connectivity index (χ3v) is 5.73. The van der Waals surface area contributed by atoms with Gasteiger partial charge in [-0.25, -0.2) is 4.98 Å². The van der Waals surface area contributed by atoms with Crippen molar-refractivity contribution < 1.29 is 4.79 Å². The van der Waals surface area contributed by atoms with Crippen molar-refractivity contribution >= 4 is 33.7 Å². The van der Waals surface area contributed by atoms with Crippen LogP contribution in [0.2, 0.25) is 0 Å². The SMILES string of the molecule is Cc1nnc(-c2ccc3cnc(CC(=O)c4ccnc(NCCN(C)C)c4)cc3c2)s1. The van der Waals surface area contributed by atoms with Crippen LogP contribution < -0.4 is 5.32 Å². The van der Waals surface area contributed by atoms with E-state index in [9.17, 15) is 4.79 Å². The third kappa shape index (κ3) is 5.28. The Morgan fingerprint density at radius 1 is 1.06 bits per heavy atom. The van der Waals surface area contributed by atoms with E-state index in [4.69, 9.17) is 0 Å². The summed E-state index contributed by atoms with van der Waals surface area (Å²) in [7, 11) is 4.03. The van der Waals surface area contributed by atoms with Crippen LogP contribution in [-0.4, -0.2) is 58.0 Å². The summed E-state index contributed by atoms with van der Waals surface area (Å²) in [6, 6.07) is 11.6. The molecule has 0 aliphatic carbocycles. The zero-order valence-electron chi connectivity index (χ0n) is 17.8. The minimum absolute atomic E-state index is 0.0146. The number of anilines is 1. The molecule has 0 fully saturated rings. The summed E-state index contributed by atoms with van der Waals surface area (Å²) >= 11 is 1.56. The van der Waals surface area contributed by atoms with Crippen molar-refractivity contribution in [3.05, 3.63) is 65.1 Å². The molecule has 0 unspecified atom stereocenters. The van der Waals surface area contributed by atoms with Gasteiger partial charge in [-0.3, -0.25) is 9.78 Å². The van der Waals surface area contributed by atoms with Crippen molar-refractivity contribution in [2.75, 3.05) is 32.5 Å². The summed E-state index contributed by atoms with van der Waals surface area (Å²) in [5.41, 5.74) is 2.38. The molecule has 4 rings (SSSR count). The molecule has 31 heavy (non-hydrogen) atoms. The number of hydrogen-bond donors (Lipinski definition) is 1. The molecule has 0 amide bonds. The Balaban J connectivity index is 1.50. The number of carbonyl (C=O) groups excluding carboxylic acids is 1. The fraction of sp³-hybridized carbons (Fsp3) is 0.261. The fourth-order valence-electron chi connectivity index (χ4n) is 3.20. The summed E-state index contributed by atoms with van der Waals surface area (Å²) in [4.78, 5) is 23.7. The zero-order chi connectivity index (χ0) is 21.8. The number of nitrogens with zero attached hydrogens (tertiary/aromatic N) is 5. The number of aryl methyl sites for hydroxylation is 1. The monoisotopic (exact) mass is 432 g/mol. The molecule has 1 aromatic carbocycles. The van der Waals surface area contributed by atoms with Gasteiger partial charge >= 0.3 is 0 Å². The minimum atomic E-state index is 0.0146. The lowest BCUT2D eigenvalue weighted by atomic mass is 10.0. The van der Waals surface area contributed by atoms with E-state index in [0.717, 1.165) is 45.1 Å². The normalized spacial score (nSPS) is 11.2. The van der Waals surface area contributed by atoms with Crippen LogP contribution in [0.4, 0.5) is 5.82 Å². The van der Waals surface area contributed by atoms with Crippen LogP contribution in [0.15, 0.2) is 48.8 Å². The molecule has 0 aliphatic heterocycles. The number of hydrogen-bond acceptors (Lipinski definition) is 8. The topological polar surface area (TPSA) is 83.9 Å². The van der Waals surface area contributed by atoms with Crippen molar-refractivity contribution in [1.82, 2.24) is 25.1 Å². The Labute approximate surface area is 185 Å². The van der Waals surface area contributed by atoms with Gasteiger partial charge in [0.1, 0.15) is 15.8 Å². The maximum absolute atomic E-state index is 12.9. The molecule has 0 spiro atoms. The average Bonchev–Trinajstić information content (AvgIpc) is 3.19. The number of likely N-dealkylation sites (N-methyl/N-ethyl adjacent to an activating group) is 1. The Morgan fingerprint density at radius 2 is 1.94 bits per heavy atom. The summed E-state index contributed by atoms with van der Waals surface area (Å²) in [6.07, 6.45) is 3.71. The first-order valence-corrected chi connectivity index (χ1v) is 10.9. The Kier molecular flexibility index (Phi) is 6.29. The highest BCUT2D eigenvalue weighted by Gasteiger charge is 2.11. The lowest BCUT2D eigenvalue weighted by Crippen LogP contribution is -2.21. The van der Waals surface area contributed by atoms with Gasteiger partial charge in [-0.2, -0.15) is 0 Å². The van der Waals surface area contributed by atoms with Crippen molar-refractivity contribution in [1.29, 1.82) is 0 Å². The molecule has 3 heterocycles. The van der Waals surface area contributed by atoms with Gasteiger partial charge in [0, 0.05) is 47.7 Å². The summed E-state index contributed by atoms with van der Waals surface area (Å²) < 4.78 is 0. The second-order valence-corrected chi connectivity index (χ2v) is 8.81. The van der Waals surface area contributed by atoms with E-state index in [0.29, 0.717) is 11.4 Å². The average molecular weight is 433 g/mol. The number of aromatic nitrogens is 4. The molecule has 3 aromatic heterocycles. The molecule has 0 aliphatic rings. The molecule has 0 radical (unpaired) electrons. The van der Waals surface area contributed by atoms with E-state index >= 15 is 0 Å². The number of rotatable bonds is 8. The highest BCUT2D eigenvalue weighted by Crippen LogP contribution is 2.27. The summed E-state index contributed by atoms with van der Waals surface area (Å²) in [6.45, 7) is 3.60. The van der Waals surface area contributed by atoms with E-state index in [1.165, 1.54) is 0 Å². The van der Waals surface area contributed by atoms with Gasteiger partial charge in [-0.05, 0) is 50.7 Å². The van der Waals surface area contributed by atoms with Gasteiger partial charge < -0.3 is 10.2 Å². The molecule has 0 saturated heterocycles. The molecule has 0 saturated carbocycles. The minimum Gasteiger partial charge on any atom is -0.369 e. The maximum atomic E-state index is 12.9. The molecular weight excluding hydrogens is 408 g/mol. The number of pyridine rings is 2. The van der Waals surface area contributed by atoms with Gasteiger partial charge in [-0.1, -0.05) is 23.5 Å². The zero-order valence-corrected chi connectivity index (χ0v) is 18.6. The first-order valence-electron chi connectivity index (χ1n) is 10.0. The maximum Gasteiger partial charge on any atom is 0.169 e. The molecule has 8 heteroatoms. The molecule has 4 aromatic rings. The fourth-order valence-corrected chi connectivity index (χ4v) is 3.89. The number of carbonyl (C=O) groups is 1. The van der Waals surface area contributed by atoms with Crippen LogP contribution in [-0.2, 0) is 6.42 Å². The standard InChI is InChI=1S/C23H24N6OS/c1-15-27-28-23(31-15)17-4-5-18-14-26-20(11-19(18)10-17)13-21(30)16-6-7-24-22(12-16)25-8-9-29(2)3/h4-7,10-12,14H,8-9,13H2,1-3H3,(H,24,25). The Bertz CT molecular complexity index is 1220. The van der Waals surface area contributed by atoms with Crippen LogP contribution in [0.5, 0.6) is 0 Å². The quantitative estimate of drug-likeness (QED) is 0.423. The van der Waals surface area contributed by atoms with Crippen LogP contribution in [0.25, 0.3) is 21.3 Å². The molecule has 158 valence electrons. The van der Waals surface area contributed by atoms with Crippen LogP contribution in [0, 0.1) is 6.92 Å². The largest absolute Gasteiger partial charge is 0.369 e. The third-order valence-electron chi connectivity index (χ3n) is 4.84. The first-order chi connectivity index (χ1) is 15.0. The summed E-state index contributed by atoms with van der Waals surface area (Å²) in [5.74, 6) is 0.719. The number of ketones is 1. The van der Waals surface area contributed by atoms with Crippen LogP contribution >= 0.6 is 11.3 Å². The number of Topliss-reactive ketones (excluding diaryl/α,β-unsaturated/α-hetero) is 1. The van der Waals surface area contributed by atoms with Gasteiger partial charge in [0.25, 0.3) is 0 Å². The summed E-state index contributed by atoms with van der Waals surface area (Å²) in [5, 5.41) is 15.5. The van der Waals surface area contributed by atoms with Gasteiger partial charge in [-0.15, -0.1) is 10.2 Å². The Morgan fingerprint density at radius 3 is 2.71 bits per heavy atom. The van der Waals surface area contributed by atoms with Gasteiger partial charge in [0.15, 0.2) is 5.78 Å². The highest BCUT2D eigenvalue weighted by molar-refractivity contribution is 7.14. The second kappa shape index (κ2) is 9.28.